The molecule has 0 bridgehead atoms. The van der Waals surface area contributed by atoms with Crippen LogP contribution in [0.4, 0.5) is 5.69 Å². The average molecular weight is 546 g/mol. The van der Waals surface area contributed by atoms with Crippen molar-refractivity contribution in [2.24, 2.45) is 0 Å². The van der Waals surface area contributed by atoms with Crippen molar-refractivity contribution in [3.05, 3.63) is 70.3 Å². The molecule has 2 aromatic carbocycles. The molecular weight excluding hydrogens is 510 g/mol. The quantitative estimate of drug-likeness (QED) is 0.339. The monoisotopic (exact) mass is 545 g/mol. The molecule has 1 N–H and O–H groups in total. The van der Waals surface area contributed by atoms with Crippen LogP contribution in [0.3, 0.4) is 0 Å². The number of pyridine rings is 1. The highest BCUT2D eigenvalue weighted by atomic mass is 16.5. The van der Waals surface area contributed by atoms with Gasteiger partial charge in [0.1, 0.15) is 17.5 Å². The first kappa shape index (κ1) is 26.3. The van der Waals surface area contributed by atoms with Crippen LogP contribution >= 0.6 is 0 Å². The van der Waals surface area contributed by atoms with E-state index < -0.39 is 6.04 Å². The number of nitrogens with one attached hydrogen (secondary N) is 1. The Morgan fingerprint density at radius 1 is 1.07 bits per heavy atom. The number of piperazine rings is 1. The molecular formula is C29H35N7O4. The summed E-state index contributed by atoms with van der Waals surface area (Å²) >= 11 is 0. The van der Waals surface area contributed by atoms with Gasteiger partial charge in [0.2, 0.25) is 0 Å². The second-order valence-corrected chi connectivity index (χ2v) is 10.2. The molecule has 0 aliphatic carbocycles. The van der Waals surface area contributed by atoms with Gasteiger partial charge < -0.3 is 24.1 Å². The van der Waals surface area contributed by atoms with Gasteiger partial charge in [0.05, 0.1) is 26.4 Å². The number of benzene rings is 2. The summed E-state index contributed by atoms with van der Waals surface area (Å²) in [4.78, 5) is 21.3. The maximum absolute atomic E-state index is 13.6. The molecule has 4 heterocycles. The van der Waals surface area contributed by atoms with E-state index in [9.17, 15) is 4.79 Å². The van der Waals surface area contributed by atoms with Crippen molar-refractivity contribution in [3.63, 3.8) is 0 Å². The maximum atomic E-state index is 13.6. The molecule has 0 radical (unpaired) electrons. The van der Waals surface area contributed by atoms with Gasteiger partial charge in [0.15, 0.2) is 5.82 Å². The van der Waals surface area contributed by atoms with Crippen molar-refractivity contribution in [2.45, 2.75) is 38.5 Å². The highest BCUT2D eigenvalue weighted by Gasteiger charge is 2.33. The van der Waals surface area contributed by atoms with Crippen LogP contribution in [0, 0.1) is 0 Å². The van der Waals surface area contributed by atoms with Crippen molar-refractivity contribution in [1.29, 1.82) is 0 Å². The number of aromatic amines is 1. The van der Waals surface area contributed by atoms with E-state index in [0.717, 1.165) is 73.7 Å². The molecule has 0 saturated carbocycles. The number of H-pyrrole nitrogens is 1. The van der Waals surface area contributed by atoms with Crippen LogP contribution in [-0.4, -0.2) is 82.7 Å². The van der Waals surface area contributed by atoms with Crippen molar-refractivity contribution in [3.8, 4) is 11.5 Å². The van der Waals surface area contributed by atoms with Gasteiger partial charge in [0, 0.05) is 54.9 Å². The third kappa shape index (κ3) is 5.39. The lowest BCUT2D eigenvalue weighted by Crippen LogP contribution is -2.49. The third-order valence-corrected chi connectivity index (χ3v) is 7.77. The number of nitrogens with zero attached hydrogens (tertiary/aromatic N) is 6. The van der Waals surface area contributed by atoms with E-state index in [1.165, 1.54) is 0 Å². The van der Waals surface area contributed by atoms with E-state index in [1.807, 2.05) is 48.0 Å². The van der Waals surface area contributed by atoms with Crippen molar-refractivity contribution >= 4 is 16.6 Å². The van der Waals surface area contributed by atoms with E-state index >= 15 is 0 Å². The predicted molar refractivity (Wildman–Crippen MR) is 151 cm³/mol. The molecule has 2 aliphatic heterocycles. The van der Waals surface area contributed by atoms with Gasteiger partial charge in [-0.1, -0.05) is 0 Å². The Bertz CT molecular complexity index is 1490. The second kappa shape index (κ2) is 11.6. The molecule has 210 valence electrons. The molecule has 0 amide bonds. The fourth-order valence-electron chi connectivity index (χ4n) is 5.71. The van der Waals surface area contributed by atoms with Crippen LogP contribution in [0.2, 0.25) is 0 Å². The number of anilines is 1. The Labute approximate surface area is 232 Å². The SMILES string of the molecule is CCOc1ccc2[nH]c(=O)c(C(c3nnnn3CC3CCCO3)N3CCN(c4ccc(OC)cc4)CC3)cc2c1. The number of rotatable bonds is 9. The average Bonchev–Trinajstić information content (AvgIpc) is 3.67. The zero-order valence-corrected chi connectivity index (χ0v) is 23.0. The van der Waals surface area contributed by atoms with Gasteiger partial charge in [-0.2, -0.15) is 0 Å². The molecule has 6 rings (SSSR count). The lowest BCUT2D eigenvalue weighted by Gasteiger charge is -2.39. The molecule has 11 heteroatoms. The first-order valence-corrected chi connectivity index (χ1v) is 13.9. The van der Waals surface area contributed by atoms with Crippen molar-refractivity contribution in [2.75, 3.05) is 51.4 Å². The van der Waals surface area contributed by atoms with Gasteiger partial charge in [0.25, 0.3) is 5.56 Å². The normalized spacial score (nSPS) is 18.8. The number of aromatic nitrogens is 5. The van der Waals surface area contributed by atoms with Gasteiger partial charge in [-0.25, -0.2) is 4.68 Å². The van der Waals surface area contributed by atoms with Gasteiger partial charge >= 0.3 is 0 Å². The Hall–Kier alpha value is -3.96. The zero-order chi connectivity index (χ0) is 27.5. The Balaban J connectivity index is 1.34. The van der Waals surface area contributed by atoms with Crippen LogP contribution in [0.25, 0.3) is 10.9 Å². The first-order chi connectivity index (χ1) is 19.6. The highest BCUT2D eigenvalue weighted by Crippen LogP contribution is 2.30. The molecule has 2 aromatic heterocycles. The van der Waals surface area contributed by atoms with Crippen LogP contribution < -0.4 is 19.9 Å². The summed E-state index contributed by atoms with van der Waals surface area (Å²) in [6.45, 7) is 6.92. The summed E-state index contributed by atoms with van der Waals surface area (Å²) in [6.07, 6.45) is 2.07. The van der Waals surface area contributed by atoms with Crippen molar-refractivity contribution in [1.82, 2.24) is 30.1 Å². The molecule has 11 nitrogen and oxygen atoms in total. The first-order valence-electron chi connectivity index (χ1n) is 13.9. The van der Waals surface area contributed by atoms with Gasteiger partial charge in [-0.05, 0) is 78.7 Å². The van der Waals surface area contributed by atoms with E-state index in [0.29, 0.717) is 24.5 Å². The minimum absolute atomic E-state index is 0.0680. The fraction of sp³-hybridized carbons (Fsp3) is 0.448. The number of tetrazole rings is 1. The summed E-state index contributed by atoms with van der Waals surface area (Å²) in [5, 5.41) is 13.7. The minimum Gasteiger partial charge on any atom is -0.497 e. The lowest BCUT2D eigenvalue weighted by molar-refractivity contribution is 0.0906. The lowest BCUT2D eigenvalue weighted by atomic mass is 10.0. The molecule has 2 saturated heterocycles. The van der Waals surface area contributed by atoms with Crippen molar-refractivity contribution < 1.29 is 14.2 Å². The summed E-state index contributed by atoms with van der Waals surface area (Å²) in [5.41, 5.74) is 2.37. The number of hydrogen-bond acceptors (Lipinski definition) is 9. The molecule has 2 atom stereocenters. The molecule has 2 aliphatic rings. The van der Waals surface area contributed by atoms with E-state index in [4.69, 9.17) is 14.2 Å². The summed E-state index contributed by atoms with van der Waals surface area (Å²) in [6, 6.07) is 15.4. The van der Waals surface area contributed by atoms with Gasteiger partial charge in [-0.15, -0.1) is 5.10 Å². The second-order valence-electron chi connectivity index (χ2n) is 10.2. The zero-order valence-electron chi connectivity index (χ0n) is 23.0. The maximum Gasteiger partial charge on any atom is 0.253 e. The highest BCUT2D eigenvalue weighted by molar-refractivity contribution is 5.80. The smallest absolute Gasteiger partial charge is 0.253 e. The topological polar surface area (TPSA) is 111 Å². The number of ether oxygens (including phenoxy) is 3. The Kier molecular flexibility index (Phi) is 7.65. The molecule has 40 heavy (non-hydrogen) atoms. The predicted octanol–water partition coefficient (Wildman–Crippen LogP) is 3.01. The largest absolute Gasteiger partial charge is 0.497 e. The minimum atomic E-state index is -0.418. The molecule has 4 aromatic rings. The molecule has 2 fully saturated rings. The summed E-state index contributed by atoms with van der Waals surface area (Å²) < 4.78 is 18.7. The standard InChI is InChI=1S/C29H35N7O4/c1-3-39-23-10-11-26-20(17-23)18-25(29(37)30-26)27(28-31-32-33-36(28)19-24-5-4-16-40-24)35-14-12-34(13-15-35)21-6-8-22(38-2)9-7-21/h6-11,17-18,24,27H,3-5,12-16,19H2,1-2H3,(H,30,37). The number of fused-ring (bicyclic) bond motifs is 1. The van der Waals surface area contributed by atoms with Crippen LogP contribution in [0.5, 0.6) is 11.5 Å². The van der Waals surface area contributed by atoms with Crippen LogP contribution in [-0.2, 0) is 11.3 Å². The molecule has 2 unspecified atom stereocenters. The summed E-state index contributed by atoms with van der Waals surface area (Å²) in [7, 11) is 1.67. The fourth-order valence-corrected chi connectivity index (χ4v) is 5.71. The number of hydrogen-bond donors (Lipinski definition) is 1. The Morgan fingerprint density at radius 2 is 1.88 bits per heavy atom. The summed E-state index contributed by atoms with van der Waals surface area (Å²) in [5.74, 6) is 2.25. The van der Waals surface area contributed by atoms with Crippen LogP contribution in [0.15, 0.2) is 53.3 Å². The van der Waals surface area contributed by atoms with E-state index in [1.54, 1.807) is 7.11 Å². The van der Waals surface area contributed by atoms with E-state index in [-0.39, 0.29) is 11.7 Å². The van der Waals surface area contributed by atoms with Gasteiger partial charge in [-0.3, -0.25) is 9.69 Å². The van der Waals surface area contributed by atoms with Crippen LogP contribution in [0.1, 0.15) is 37.2 Å². The molecule has 0 spiro atoms. The number of methoxy groups -OCH3 is 1. The third-order valence-electron chi connectivity index (χ3n) is 7.77. The Morgan fingerprint density at radius 3 is 2.60 bits per heavy atom. The van der Waals surface area contributed by atoms with E-state index in [2.05, 4.69) is 42.4 Å².